The highest BCUT2D eigenvalue weighted by atomic mass is 16.5. The third-order valence-electron chi connectivity index (χ3n) is 5.59. The largest absolute Gasteiger partial charge is 0.352 e. The number of imidazole rings is 1. The van der Waals surface area contributed by atoms with Crippen LogP contribution < -0.4 is 10.6 Å². The maximum absolute atomic E-state index is 12.9. The summed E-state index contributed by atoms with van der Waals surface area (Å²) in [4.78, 5) is 35.8. The molecule has 30 heavy (non-hydrogen) atoms. The lowest BCUT2D eigenvalue weighted by Crippen LogP contribution is -2.56. The summed E-state index contributed by atoms with van der Waals surface area (Å²) in [6, 6.07) is 5.62. The van der Waals surface area contributed by atoms with Gasteiger partial charge in [-0.15, -0.1) is 0 Å². The number of piperidine rings is 1. The van der Waals surface area contributed by atoms with Crippen LogP contribution in [0.3, 0.4) is 0 Å². The van der Waals surface area contributed by atoms with E-state index in [1.54, 1.807) is 17.3 Å². The van der Waals surface area contributed by atoms with Crippen LogP contribution in [0.1, 0.15) is 38.2 Å². The van der Waals surface area contributed by atoms with Crippen LogP contribution in [0, 0.1) is 0 Å². The fourth-order valence-electron chi connectivity index (χ4n) is 4.08. The van der Waals surface area contributed by atoms with Crippen LogP contribution in [0.2, 0.25) is 0 Å². The zero-order valence-corrected chi connectivity index (χ0v) is 17.4. The second-order valence-corrected chi connectivity index (χ2v) is 8.13. The smallest absolute Gasteiger partial charge is 0.317 e. The molecule has 0 unspecified atom stereocenters. The van der Waals surface area contributed by atoms with E-state index in [0.717, 1.165) is 11.5 Å². The average Bonchev–Trinajstić information content (AvgIpc) is 3.22. The summed E-state index contributed by atoms with van der Waals surface area (Å²) in [6.45, 7) is 5.76. The predicted octanol–water partition coefficient (Wildman–Crippen LogP) is 1.40. The molecule has 2 N–H and O–H groups in total. The lowest BCUT2D eigenvalue weighted by Gasteiger charge is -2.45. The number of urea groups is 1. The second-order valence-electron chi connectivity index (χ2n) is 8.13. The summed E-state index contributed by atoms with van der Waals surface area (Å²) in [5, 5.41) is 5.86. The van der Waals surface area contributed by atoms with Crippen LogP contribution in [0.15, 0.2) is 36.8 Å². The first-order chi connectivity index (χ1) is 14.5. The molecule has 9 nitrogen and oxygen atoms in total. The van der Waals surface area contributed by atoms with E-state index in [1.807, 2.05) is 42.8 Å². The fraction of sp³-hybridized carbons (Fsp3) is 0.524. The lowest BCUT2D eigenvalue weighted by atomic mass is 9.88. The minimum atomic E-state index is -0.663. The van der Waals surface area contributed by atoms with Crippen molar-refractivity contribution in [3.8, 4) is 0 Å². The maximum Gasteiger partial charge on any atom is 0.317 e. The Labute approximate surface area is 175 Å². The molecule has 2 aliphatic rings. The van der Waals surface area contributed by atoms with Gasteiger partial charge in [-0.1, -0.05) is 6.07 Å². The van der Waals surface area contributed by atoms with Gasteiger partial charge >= 0.3 is 6.03 Å². The summed E-state index contributed by atoms with van der Waals surface area (Å²) >= 11 is 0. The van der Waals surface area contributed by atoms with E-state index in [0.29, 0.717) is 39.0 Å². The molecule has 9 heteroatoms. The molecular formula is C21H28N6O3. The van der Waals surface area contributed by atoms with Crippen molar-refractivity contribution < 1.29 is 14.3 Å². The Balaban J connectivity index is 1.44. The molecule has 2 aliphatic heterocycles. The van der Waals surface area contributed by atoms with Gasteiger partial charge < -0.3 is 24.8 Å². The van der Waals surface area contributed by atoms with Gasteiger partial charge in [0.2, 0.25) is 0 Å². The molecule has 1 atom stereocenters. The van der Waals surface area contributed by atoms with Crippen molar-refractivity contribution in [3.63, 3.8) is 0 Å². The minimum Gasteiger partial charge on any atom is -0.352 e. The van der Waals surface area contributed by atoms with Crippen LogP contribution in [-0.2, 0) is 28.2 Å². The standard InChI is InChI=1S/C21H28N6O3/c1-15(2)25-20(29)26-10-6-21(7-11-26)19-23-9-12-27(19)14-17(30-21)18(28)24-13-16-5-3-4-8-22-16/h3-5,8-9,12,15,17H,6-7,10-11,13-14H2,1-2H3,(H,24,28)(H,25,29)/t17-/m0/s1. The van der Waals surface area contributed by atoms with Gasteiger partial charge in [0, 0.05) is 50.6 Å². The number of carbonyl (C=O) groups excluding carboxylic acids is 2. The Morgan fingerprint density at radius 1 is 1.23 bits per heavy atom. The van der Waals surface area contributed by atoms with Crippen molar-refractivity contribution >= 4 is 11.9 Å². The number of likely N-dealkylation sites (tertiary alicyclic amines) is 1. The number of ether oxygens (including phenoxy) is 1. The van der Waals surface area contributed by atoms with E-state index in [4.69, 9.17) is 4.74 Å². The molecule has 2 aromatic rings. The van der Waals surface area contributed by atoms with Gasteiger partial charge in [0.15, 0.2) is 6.10 Å². The van der Waals surface area contributed by atoms with E-state index >= 15 is 0 Å². The number of carbonyl (C=O) groups is 2. The number of rotatable bonds is 4. The van der Waals surface area contributed by atoms with Crippen molar-refractivity contribution in [2.24, 2.45) is 0 Å². The van der Waals surface area contributed by atoms with Crippen LogP contribution in [-0.4, -0.2) is 56.6 Å². The zero-order chi connectivity index (χ0) is 21.1. The Morgan fingerprint density at radius 2 is 2.03 bits per heavy atom. The highest BCUT2D eigenvalue weighted by molar-refractivity contribution is 5.81. The highest BCUT2D eigenvalue weighted by Gasteiger charge is 2.47. The number of nitrogens with zero attached hydrogens (tertiary/aromatic N) is 4. The van der Waals surface area contributed by atoms with Crippen molar-refractivity contribution in [2.45, 2.75) is 57.5 Å². The van der Waals surface area contributed by atoms with E-state index < -0.39 is 11.7 Å². The number of hydrogen-bond donors (Lipinski definition) is 2. The van der Waals surface area contributed by atoms with Gasteiger partial charge in [-0.05, 0) is 26.0 Å². The Kier molecular flexibility index (Phi) is 5.72. The first kappa shape index (κ1) is 20.3. The van der Waals surface area contributed by atoms with E-state index in [9.17, 15) is 9.59 Å². The molecule has 160 valence electrons. The average molecular weight is 412 g/mol. The van der Waals surface area contributed by atoms with Gasteiger partial charge in [-0.2, -0.15) is 0 Å². The summed E-state index contributed by atoms with van der Waals surface area (Å²) in [5.74, 6) is 0.666. The molecule has 2 aromatic heterocycles. The maximum atomic E-state index is 12.9. The number of fused-ring (bicyclic) bond motifs is 2. The SMILES string of the molecule is CC(C)NC(=O)N1CCC2(CC1)O[C@H](C(=O)NCc1ccccn1)Cn1ccnc12. The monoisotopic (exact) mass is 412 g/mol. The van der Waals surface area contributed by atoms with E-state index in [2.05, 4.69) is 20.6 Å². The Hall–Kier alpha value is -2.94. The molecule has 0 radical (unpaired) electrons. The number of aromatic nitrogens is 3. The minimum absolute atomic E-state index is 0.0661. The van der Waals surface area contributed by atoms with Crippen LogP contribution in [0.5, 0.6) is 0 Å². The fourth-order valence-corrected chi connectivity index (χ4v) is 4.08. The molecule has 3 amide bonds. The van der Waals surface area contributed by atoms with Crippen molar-refractivity contribution in [3.05, 3.63) is 48.3 Å². The van der Waals surface area contributed by atoms with Crippen molar-refractivity contribution in [1.82, 2.24) is 30.1 Å². The number of nitrogens with one attached hydrogen (secondary N) is 2. The van der Waals surface area contributed by atoms with Crippen molar-refractivity contribution in [2.75, 3.05) is 13.1 Å². The molecule has 1 saturated heterocycles. The lowest BCUT2D eigenvalue weighted by molar-refractivity contribution is -0.172. The molecule has 0 aromatic carbocycles. The Bertz CT molecular complexity index is 889. The zero-order valence-electron chi connectivity index (χ0n) is 17.4. The number of amides is 3. The molecule has 1 spiro atoms. The molecule has 4 rings (SSSR count). The highest BCUT2D eigenvalue weighted by Crippen LogP contribution is 2.40. The van der Waals surface area contributed by atoms with Gasteiger partial charge in [0.05, 0.1) is 18.8 Å². The molecule has 0 aliphatic carbocycles. The summed E-state index contributed by atoms with van der Waals surface area (Å²) in [5.41, 5.74) is 0.132. The summed E-state index contributed by atoms with van der Waals surface area (Å²) < 4.78 is 8.38. The Morgan fingerprint density at radius 3 is 2.73 bits per heavy atom. The summed E-state index contributed by atoms with van der Waals surface area (Å²) in [7, 11) is 0. The topological polar surface area (TPSA) is 101 Å². The molecule has 1 fully saturated rings. The first-order valence-corrected chi connectivity index (χ1v) is 10.4. The summed E-state index contributed by atoms with van der Waals surface area (Å²) in [6.07, 6.45) is 5.91. The normalized spacial score (nSPS) is 20.1. The van der Waals surface area contributed by atoms with Gasteiger partial charge in [0.25, 0.3) is 5.91 Å². The molecular weight excluding hydrogens is 384 g/mol. The van der Waals surface area contributed by atoms with E-state index in [1.165, 1.54) is 0 Å². The second kappa shape index (κ2) is 8.43. The predicted molar refractivity (Wildman–Crippen MR) is 109 cm³/mol. The first-order valence-electron chi connectivity index (χ1n) is 10.4. The van der Waals surface area contributed by atoms with E-state index in [-0.39, 0.29) is 18.0 Å². The third kappa shape index (κ3) is 4.16. The van der Waals surface area contributed by atoms with Crippen LogP contribution in [0.25, 0.3) is 0 Å². The number of hydrogen-bond acceptors (Lipinski definition) is 5. The molecule has 0 saturated carbocycles. The van der Waals surface area contributed by atoms with Crippen molar-refractivity contribution in [1.29, 1.82) is 0 Å². The van der Waals surface area contributed by atoms with Gasteiger partial charge in [-0.3, -0.25) is 9.78 Å². The van der Waals surface area contributed by atoms with Crippen LogP contribution >= 0.6 is 0 Å². The number of pyridine rings is 1. The molecule has 4 heterocycles. The van der Waals surface area contributed by atoms with Gasteiger partial charge in [-0.25, -0.2) is 9.78 Å². The van der Waals surface area contributed by atoms with Gasteiger partial charge in [0.1, 0.15) is 11.4 Å². The molecule has 0 bridgehead atoms. The third-order valence-corrected chi connectivity index (χ3v) is 5.59. The van der Waals surface area contributed by atoms with Crippen LogP contribution in [0.4, 0.5) is 4.79 Å². The quantitative estimate of drug-likeness (QED) is 0.791.